The maximum atomic E-state index is 12.0. The Morgan fingerprint density at radius 1 is 1.21 bits per heavy atom. The first kappa shape index (κ1) is 14.9. The van der Waals surface area contributed by atoms with E-state index in [1.165, 1.54) is 0 Å². The van der Waals surface area contributed by atoms with Crippen molar-refractivity contribution in [1.29, 1.82) is 0 Å². The van der Waals surface area contributed by atoms with Gasteiger partial charge in [0.1, 0.15) is 5.69 Å². The van der Waals surface area contributed by atoms with E-state index in [1.54, 1.807) is 12.4 Å². The molecule has 0 radical (unpaired) electrons. The van der Waals surface area contributed by atoms with Crippen molar-refractivity contribution in [2.45, 2.75) is 6.43 Å². The summed E-state index contributed by atoms with van der Waals surface area (Å²) in [6.45, 7) is 0. The highest BCUT2D eigenvalue weighted by molar-refractivity contribution is 6.31. The van der Waals surface area contributed by atoms with Crippen molar-refractivity contribution in [3.8, 4) is 0 Å². The lowest BCUT2D eigenvalue weighted by molar-refractivity contribution is -0.385. The van der Waals surface area contributed by atoms with E-state index in [4.69, 9.17) is 11.6 Å². The van der Waals surface area contributed by atoms with E-state index in [9.17, 15) is 18.9 Å². The van der Waals surface area contributed by atoms with E-state index in [1.807, 2.05) is 18.2 Å². The molecule has 0 fully saturated rings. The summed E-state index contributed by atoms with van der Waals surface area (Å²) in [5, 5.41) is 9.67. The number of halogens is 3. The molecule has 0 saturated carbocycles. The van der Waals surface area contributed by atoms with Gasteiger partial charge in [0.05, 0.1) is 4.92 Å². The number of hydrogen-bond acceptors (Lipinski definition) is 4. The smallest absolute Gasteiger partial charge is 0.265 e. The second-order valence-corrected chi connectivity index (χ2v) is 3.49. The fraction of sp³-hybridized carbons (Fsp3) is 0.0909. The highest BCUT2D eigenvalue weighted by Crippen LogP contribution is 2.25. The van der Waals surface area contributed by atoms with Crippen molar-refractivity contribution >= 4 is 17.3 Å². The molecule has 100 valence electrons. The van der Waals surface area contributed by atoms with E-state index in [2.05, 4.69) is 9.97 Å². The summed E-state index contributed by atoms with van der Waals surface area (Å²) < 4.78 is 24.0. The minimum atomic E-state index is -2.78. The van der Waals surface area contributed by atoms with Gasteiger partial charge in [-0.05, 0) is 18.2 Å². The first-order chi connectivity index (χ1) is 9.02. The predicted octanol–water partition coefficient (Wildman–Crippen LogP) is 3.66. The molecule has 2 aromatic rings. The van der Waals surface area contributed by atoms with Gasteiger partial charge in [-0.1, -0.05) is 17.7 Å². The molecule has 0 atom stereocenters. The van der Waals surface area contributed by atoms with Gasteiger partial charge in [-0.25, -0.2) is 13.8 Å². The zero-order valence-electron chi connectivity index (χ0n) is 9.41. The van der Waals surface area contributed by atoms with E-state index >= 15 is 0 Å². The fourth-order valence-corrected chi connectivity index (χ4v) is 1.24. The maximum Gasteiger partial charge on any atom is 0.306 e. The Morgan fingerprint density at radius 2 is 1.84 bits per heavy atom. The number of nitro groups is 1. The van der Waals surface area contributed by atoms with Crippen LogP contribution in [0.2, 0.25) is 5.15 Å². The number of rotatable bonds is 2. The first-order valence-electron chi connectivity index (χ1n) is 4.96. The molecule has 0 bridgehead atoms. The molecule has 0 saturated heterocycles. The van der Waals surface area contributed by atoms with Crippen LogP contribution in [-0.2, 0) is 0 Å². The van der Waals surface area contributed by atoms with Crippen LogP contribution >= 0.6 is 11.6 Å². The molecule has 0 aliphatic rings. The highest BCUT2D eigenvalue weighted by atomic mass is 35.5. The highest BCUT2D eigenvalue weighted by Gasteiger charge is 2.17. The number of hydrogen-bond donors (Lipinski definition) is 0. The number of alkyl halides is 2. The molecular weight excluding hydrogens is 280 g/mol. The van der Waals surface area contributed by atoms with Crippen molar-refractivity contribution < 1.29 is 13.7 Å². The molecular formula is C11H8ClF2N3O2. The van der Waals surface area contributed by atoms with Crippen LogP contribution in [0.15, 0.2) is 42.7 Å². The van der Waals surface area contributed by atoms with Gasteiger partial charge in [0.25, 0.3) is 6.43 Å². The molecule has 0 N–H and O–H groups in total. The minimum absolute atomic E-state index is 0.480. The van der Waals surface area contributed by atoms with Gasteiger partial charge < -0.3 is 0 Å². The van der Waals surface area contributed by atoms with Gasteiger partial charge in [-0.3, -0.25) is 15.1 Å². The van der Waals surface area contributed by atoms with Crippen LogP contribution in [0.25, 0.3) is 0 Å². The van der Waals surface area contributed by atoms with E-state index in [0.29, 0.717) is 0 Å². The fourth-order valence-electron chi connectivity index (χ4n) is 1.01. The molecule has 0 aromatic carbocycles. The average molecular weight is 288 g/mol. The minimum Gasteiger partial charge on any atom is -0.265 e. The van der Waals surface area contributed by atoms with Crippen LogP contribution in [0.5, 0.6) is 0 Å². The third-order valence-electron chi connectivity index (χ3n) is 1.84. The summed E-state index contributed by atoms with van der Waals surface area (Å²) in [6, 6.07) is 7.48. The molecule has 0 unspecified atom stereocenters. The molecule has 2 aromatic heterocycles. The number of nitrogens with zero attached hydrogens (tertiary/aromatic N) is 3. The molecule has 2 heterocycles. The monoisotopic (exact) mass is 287 g/mol. The summed E-state index contributed by atoms with van der Waals surface area (Å²) in [7, 11) is 0. The molecule has 0 aliphatic carbocycles. The second kappa shape index (κ2) is 7.32. The van der Waals surface area contributed by atoms with E-state index in [-0.39, 0.29) is 0 Å². The third-order valence-corrected chi connectivity index (χ3v) is 2.12. The Bertz CT molecular complexity index is 514. The Morgan fingerprint density at radius 3 is 2.16 bits per heavy atom. The molecule has 0 aliphatic heterocycles. The summed E-state index contributed by atoms with van der Waals surface area (Å²) >= 11 is 5.28. The lowest BCUT2D eigenvalue weighted by atomic mass is 10.3. The molecule has 2 rings (SSSR count). The van der Waals surface area contributed by atoms with Crippen LogP contribution in [0, 0.1) is 10.1 Å². The lowest BCUT2D eigenvalue weighted by Gasteiger charge is -1.98. The number of aromatic nitrogens is 2. The van der Waals surface area contributed by atoms with Gasteiger partial charge in [-0.2, -0.15) is 0 Å². The molecule has 19 heavy (non-hydrogen) atoms. The van der Waals surface area contributed by atoms with Crippen molar-refractivity contribution in [2.75, 3.05) is 0 Å². The maximum absolute atomic E-state index is 12.0. The van der Waals surface area contributed by atoms with Crippen LogP contribution in [0.4, 0.5) is 14.5 Å². The van der Waals surface area contributed by atoms with Gasteiger partial charge in [0.15, 0.2) is 0 Å². The van der Waals surface area contributed by atoms with Gasteiger partial charge in [-0.15, -0.1) is 0 Å². The Kier molecular flexibility index (Phi) is 5.74. The van der Waals surface area contributed by atoms with Crippen LogP contribution in [0.1, 0.15) is 12.1 Å². The Balaban J connectivity index is 0.000000250. The van der Waals surface area contributed by atoms with Crippen molar-refractivity contribution in [2.24, 2.45) is 0 Å². The summed E-state index contributed by atoms with van der Waals surface area (Å²) in [6.07, 6.45) is 0.721. The van der Waals surface area contributed by atoms with Crippen LogP contribution < -0.4 is 0 Å². The standard InChI is InChI=1S/C6H3ClF2N2O2.C5H5N/c7-5-4(11(12)13)2-1-3(10-5)6(8)9;1-2-4-6-5-3-1/h1-2,6H;1-5H. The van der Waals surface area contributed by atoms with Gasteiger partial charge >= 0.3 is 5.69 Å². The van der Waals surface area contributed by atoms with Crippen LogP contribution in [0.3, 0.4) is 0 Å². The van der Waals surface area contributed by atoms with Gasteiger partial charge in [0.2, 0.25) is 5.15 Å². The first-order valence-corrected chi connectivity index (χ1v) is 5.34. The third kappa shape index (κ3) is 4.92. The summed E-state index contributed by atoms with van der Waals surface area (Å²) in [5.41, 5.74) is -1.05. The molecule has 8 heteroatoms. The summed E-state index contributed by atoms with van der Waals surface area (Å²) in [5.74, 6) is 0. The largest absolute Gasteiger partial charge is 0.306 e. The number of pyridine rings is 2. The summed E-state index contributed by atoms with van der Waals surface area (Å²) in [4.78, 5) is 16.4. The SMILES string of the molecule is O=[N+]([O-])c1ccc(C(F)F)nc1Cl.c1ccncc1. The van der Waals surface area contributed by atoms with Crippen molar-refractivity contribution in [3.05, 3.63) is 63.7 Å². The average Bonchev–Trinajstić information content (AvgIpc) is 2.40. The molecule has 0 amide bonds. The normalized spacial score (nSPS) is 9.68. The van der Waals surface area contributed by atoms with Crippen LogP contribution in [-0.4, -0.2) is 14.9 Å². The van der Waals surface area contributed by atoms with Crippen molar-refractivity contribution in [1.82, 2.24) is 9.97 Å². The lowest BCUT2D eigenvalue weighted by Crippen LogP contribution is -1.95. The molecule has 0 spiro atoms. The second-order valence-electron chi connectivity index (χ2n) is 3.13. The molecule has 5 nitrogen and oxygen atoms in total. The van der Waals surface area contributed by atoms with Gasteiger partial charge in [0, 0.05) is 18.5 Å². The Labute approximate surface area is 112 Å². The van der Waals surface area contributed by atoms with Crippen molar-refractivity contribution in [3.63, 3.8) is 0 Å². The Hall–Kier alpha value is -2.15. The quantitative estimate of drug-likeness (QED) is 0.480. The zero-order chi connectivity index (χ0) is 14.3. The topological polar surface area (TPSA) is 68.9 Å². The zero-order valence-corrected chi connectivity index (χ0v) is 10.2. The predicted molar refractivity (Wildman–Crippen MR) is 65.1 cm³/mol. The van der Waals surface area contributed by atoms with E-state index < -0.39 is 27.9 Å². The van der Waals surface area contributed by atoms with E-state index in [0.717, 1.165) is 12.1 Å².